The van der Waals surface area contributed by atoms with Crippen LogP contribution in [0.4, 0.5) is 0 Å². The molecule has 0 aromatic rings. The molecule has 1 fully saturated rings. The summed E-state index contributed by atoms with van der Waals surface area (Å²) in [5.41, 5.74) is -0.113. The molecule has 1 aliphatic heterocycles. The highest BCUT2D eigenvalue weighted by Crippen LogP contribution is 2.32. The fourth-order valence-electron chi connectivity index (χ4n) is 2.88. The molecular weight excluding hydrogens is 248 g/mol. The van der Waals surface area contributed by atoms with Crippen molar-refractivity contribution >= 4 is 0 Å². The zero-order valence-corrected chi connectivity index (χ0v) is 13.7. The molecule has 2 nitrogen and oxygen atoms in total. The Morgan fingerprint density at radius 3 is 1.50 bits per heavy atom. The fourth-order valence-corrected chi connectivity index (χ4v) is 2.88. The van der Waals surface area contributed by atoms with Crippen molar-refractivity contribution < 1.29 is 9.84 Å². The molecule has 0 radical (unpaired) electrons. The average Bonchev–Trinajstić information content (AvgIpc) is 3.24. The van der Waals surface area contributed by atoms with Crippen molar-refractivity contribution in [1.82, 2.24) is 0 Å². The van der Waals surface area contributed by atoms with Crippen LogP contribution in [0.2, 0.25) is 0 Å². The Balaban J connectivity index is 1.68. The molecule has 0 aromatic carbocycles. The predicted octanol–water partition coefficient (Wildman–Crippen LogP) is 5.23. The van der Waals surface area contributed by atoms with Crippen LogP contribution >= 0.6 is 0 Å². The number of hydrogen-bond donors (Lipinski definition) is 1. The van der Waals surface area contributed by atoms with E-state index in [1.807, 2.05) is 0 Å². The van der Waals surface area contributed by atoms with Gasteiger partial charge >= 0.3 is 0 Å². The van der Waals surface area contributed by atoms with E-state index in [1.165, 1.54) is 83.5 Å². The first-order valence-electron chi connectivity index (χ1n) is 9.08. The third-order valence-electron chi connectivity index (χ3n) is 4.58. The molecule has 20 heavy (non-hydrogen) atoms. The largest absolute Gasteiger partial charge is 0.393 e. The number of hydrogen-bond acceptors (Lipinski definition) is 2. The van der Waals surface area contributed by atoms with Crippen molar-refractivity contribution in [3.63, 3.8) is 0 Å². The van der Waals surface area contributed by atoms with Gasteiger partial charge in [0.25, 0.3) is 0 Å². The molecule has 0 aliphatic carbocycles. The van der Waals surface area contributed by atoms with Gasteiger partial charge in [-0.25, -0.2) is 0 Å². The molecule has 0 spiro atoms. The lowest BCUT2D eigenvalue weighted by Gasteiger charge is -2.07. The van der Waals surface area contributed by atoms with Crippen LogP contribution in [0.5, 0.6) is 0 Å². The summed E-state index contributed by atoms with van der Waals surface area (Å²) in [7, 11) is 0. The normalized spacial score (nSPS) is 21.3. The Labute approximate surface area is 126 Å². The number of epoxide rings is 1. The van der Waals surface area contributed by atoms with Gasteiger partial charge in [-0.15, -0.1) is 0 Å². The molecule has 0 saturated carbocycles. The van der Waals surface area contributed by atoms with Crippen LogP contribution in [0.15, 0.2) is 0 Å². The van der Waals surface area contributed by atoms with Crippen LogP contribution in [0, 0.1) is 0 Å². The Bertz CT molecular complexity index is 211. The second-order valence-corrected chi connectivity index (χ2v) is 6.62. The lowest BCUT2D eigenvalue weighted by Crippen LogP contribution is -2.16. The van der Waals surface area contributed by atoms with Gasteiger partial charge in [0.2, 0.25) is 0 Å². The minimum Gasteiger partial charge on any atom is -0.393 e. The second kappa shape index (κ2) is 11.6. The summed E-state index contributed by atoms with van der Waals surface area (Å²) in [5, 5.41) is 9.12. The number of unbranched alkanes of at least 4 members (excludes halogenated alkanes) is 12. The average molecular weight is 284 g/mol. The monoisotopic (exact) mass is 284 g/mol. The summed E-state index contributed by atoms with van der Waals surface area (Å²) in [6.07, 6.45) is 19.2. The Hall–Kier alpha value is -0.0800. The van der Waals surface area contributed by atoms with E-state index < -0.39 is 0 Å². The van der Waals surface area contributed by atoms with Gasteiger partial charge in [-0.1, -0.05) is 90.4 Å². The molecule has 1 atom stereocenters. The Morgan fingerprint density at radius 1 is 0.750 bits per heavy atom. The van der Waals surface area contributed by atoms with E-state index in [0.29, 0.717) is 0 Å². The molecule has 0 bridgehead atoms. The molecule has 1 saturated heterocycles. The summed E-state index contributed by atoms with van der Waals surface area (Å²) in [5.74, 6) is 0. The van der Waals surface area contributed by atoms with Gasteiger partial charge < -0.3 is 9.84 Å². The van der Waals surface area contributed by atoms with Crippen LogP contribution in [0.1, 0.15) is 96.8 Å². The van der Waals surface area contributed by atoms with Crippen LogP contribution in [0.25, 0.3) is 0 Å². The summed E-state index contributed by atoms with van der Waals surface area (Å²) in [4.78, 5) is 0. The first-order valence-corrected chi connectivity index (χ1v) is 9.08. The van der Waals surface area contributed by atoms with E-state index in [-0.39, 0.29) is 12.2 Å². The highest BCUT2D eigenvalue weighted by molar-refractivity contribution is 4.90. The number of aliphatic hydroxyl groups excluding tert-OH is 1. The van der Waals surface area contributed by atoms with E-state index in [1.54, 1.807) is 0 Å². The minimum atomic E-state index is -0.113. The molecule has 1 N–H and O–H groups in total. The van der Waals surface area contributed by atoms with Crippen LogP contribution in [0.3, 0.4) is 0 Å². The van der Waals surface area contributed by atoms with Gasteiger partial charge in [0, 0.05) is 0 Å². The van der Waals surface area contributed by atoms with Crippen LogP contribution < -0.4 is 0 Å². The lowest BCUT2D eigenvalue weighted by molar-refractivity contribution is 0.161. The summed E-state index contributed by atoms with van der Waals surface area (Å²) < 4.78 is 5.30. The van der Waals surface area contributed by atoms with E-state index >= 15 is 0 Å². The maximum atomic E-state index is 9.12. The molecular formula is C18H36O2. The van der Waals surface area contributed by atoms with Crippen molar-refractivity contribution in [3.8, 4) is 0 Å². The van der Waals surface area contributed by atoms with Crippen molar-refractivity contribution in [1.29, 1.82) is 0 Å². The summed E-state index contributed by atoms with van der Waals surface area (Å²) in [6.45, 7) is 3.27. The van der Waals surface area contributed by atoms with E-state index in [9.17, 15) is 0 Å². The first-order chi connectivity index (χ1) is 9.83. The zero-order chi connectivity index (χ0) is 14.5. The van der Waals surface area contributed by atoms with E-state index in [2.05, 4.69) is 6.92 Å². The molecule has 120 valence electrons. The molecule has 1 aliphatic rings. The number of aliphatic hydroxyl groups is 1. The molecule has 0 unspecified atom stereocenters. The summed E-state index contributed by atoms with van der Waals surface area (Å²) in [6, 6.07) is 0. The van der Waals surface area contributed by atoms with Gasteiger partial charge in [0.15, 0.2) is 0 Å². The molecule has 1 rings (SSSR count). The topological polar surface area (TPSA) is 32.8 Å². The minimum absolute atomic E-state index is 0.113. The number of rotatable bonds is 15. The van der Waals surface area contributed by atoms with Gasteiger partial charge in [-0.05, 0) is 6.42 Å². The highest BCUT2D eigenvalue weighted by atomic mass is 16.6. The second-order valence-electron chi connectivity index (χ2n) is 6.62. The van der Waals surface area contributed by atoms with Crippen molar-refractivity contribution in [2.45, 2.75) is 102 Å². The zero-order valence-electron chi connectivity index (χ0n) is 13.7. The lowest BCUT2D eigenvalue weighted by atomic mass is 10.0. The first kappa shape index (κ1) is 18.0. The molecule has 0 aromatic heterocycles. The molecule has 0 amide bonds. The van der Waals surface area contributed by atoms with Crippen LogP contribution in [-0.4, -0.2) is 23.9 Å². The Kier molecular flexibility index (Phi) is 10.4. The van der Waals surface area contributed by atoms with Gasteiger partial charge in [-0.2, -0.15) is 0 Å². The molecule has 2 heteroatoms. The predicted molar refractivity (Wildman–Crippen MR) is 86.1 cm³/mol. The van der Waals surface area contributed by atoms with Gasteiger partial charge in [0.1, 0.15) is 5.60 Å². The van der Waals surface area contributed by atoms with E-state index in [0.717, 1.165) is 13.0 Å². The SMILES string of the molecule is CCCCCCCCCCCCCCC[C@@]1(CO)CO1. The van der Waals surface area contributed by atoms with Gasteiger partial charge in [0.05, 0.1) is 13.2 Å². The number of ether oxygens (including phenoxy) is 1. The maximum absolute atomic E-state index is 9.12. The Morgan fingerprint density at radius 2 is 1.15 bits per heavy atom. The standard InChI is InChI=1S/C18H36O2/c1-2-3-4-5-6-7-8-9-10-11-12-13-14-15-18(16-19)17-20-18/h19H,2-17H2,1H3/t18-/m1/s1. The third-order valence-corrected chi connectivity index (χ3v) is 4.58. The van der Waals surface area contributed by atoms with Crippen molar-refractivity contribution in [2.24, 2.45) is 0 Å². The van der Waals surface area contributed by atoms with Crippen molar-refractivity contribution in [3.05, 3.63) is 0 Å². The fraction of sp³-hybridized carbons (Fsp3) is 1.00. The van der Waals surface area contributed by atoms with Crippen molar-refractivity contribution in [2.75, 3.05) is 13.2 Å². The molecule has 1 heterocycles. The van der Waals surface area contributed by atoms with Crippen LogP contribution in [-0.2, 0) is 4.74 Å². The van der Waals surface area contributed by atoms with Gasteiger partial charge in [-0.3, -0.25) is 0 Å². The van der Waals surface area contributed by atoms with E-state index in [4.69, 9.17) is 9.84 Å². The summed E-state index contributed by atoms with van der Waals surface area (Å²) >= 11 is 0. The highest BCUT2D eigenvalue weighted by Gasteiger charge is 2.43. The smallest absolute Gasteiger partial charge is 0.115 e. The third kappa shape index (κ3) is 8.97. The maximum Gasteiger partial charge on any atom is 0.115 e. The quantitative estimate of drug-likeness (QED) is 0.330.